The first-order valence-electron chi connectivity index (χ1n) is 8.78. The molecule has 2 aromatic carbocycles. The number of anilines is 2. The number of hydrogen-bond acceptors (Lipinski definition) is 4. The fourth-order valence-electron chi connectivity index (χ4n) is 3.38. The van der Waals surface area contributed by atoms with Gasteiger partial charge in [0.2, 0.25) is 0 Å². The van der Waals surface area contributed by atoms with Gasteiger partial charge in [0.1, 0.15) is 12.4 Å². The number of ether oxygens (including phenoxy) is 1. The average molecular weight is 366 g/mol. The smallest absolute Gasteiger partial charge is 0.173 e. The fraction of sp³-hybridized carbons (Fsp3) is 0.250. The summed E-state index contributed by atoms with van der Waals surface area (Å²) in [4.78, 5) is 4.51. The molecule has 0 radical (unpaired) electrons. The Morgan fingerprint density at radius 2 is 1.77 bits per heavy atom. The molecule has 0 aromatic heterocycles. The molecule has 0 spiro atoms. The molecule has 0 atom stereocenters. The van der Waals surface area contributed by atoms with Crippen LogP contribution in [0.3, 0.4) is 0 Å². The predicted molar refractivity (Wildman–Crippen MR) is 110 cm³/mol. The van der Waals surface area contributed by atoms with Gasteiger partial charge in [-0.05, 0) is 30.4 Å². The van der Waals surface area contributed by atoms with Crippen LogP contribution in [0.4, 0.5) is 11.4 Å². The molecule has 1 fully saturated rings. The van der Waals surface area contributed by atoms with Crippen molar-refractivity contribution >= 4 is 34.3 Å². The maximum absolute atomic E-state index is 6.09. The minimum Gasteiger partial charge on any atom is -0.488 e. The fourth-order valence-corrected chi connectivity index (χ4v) is 3.62. The number of nitrogens with zero attached hydrogens (tertiary/aromatic N) is 2. The van der Waals surface area contributed by atoms with Gasteiger partial charge in [-0.3, -0.25) is 0 Å². The summed E-state index contributed by atoms with van der Waals surface area (Å²) < 4.78 is 5.68. The Morgan fingerprint density at radius 1 is 1.04 bits per heavy atom. The number of hydrogen-bond donors (Lipinski definition) is 2. The lowest BCUT2D eigenvalue weighted by atomic mass is 10.1. The van der Waals surface area contributed by atoms with Crippen LogP contribution >= 0.6 is 12.2 Å². The van der Waals surface area contributed by atoms with Crippen molar-refractivity contribution in [2.45, 2.75) is 0 Å². The number of nitrogens with one attached hydrogen (secondary N) is 1. The van der Waals surface area contributed by atoms with E-state index in [4.69, 9.17) is 22.7 Å². The van der Waals surface area contributed by atoms with Gasteiger partial charge in [-0.15, -0.1) is 0 Å². The summed E-state index contributed by atoms with van der Waals surface area (Å²) in [7, 11) is 0. The van der Waals surface area contributed by atoms with Crippen molar-refractivity contribution in [2.24, 2.45) is 0 Å². The number of para-hydroxylation sites is 3. The molecule has 1 saturated heterocycles. The first kappa shape index (κ1) is 16.7. The van der Waals surface area contributed by atoms with Gasteiger partial charge in [0.15, 0.2) is 5.11 Å². The molecule has 0 aliphatic carbocycles. The van der Waals surface area contributed by atoms with Crippen LogP contribution in [-0.2, 0) is 0 Å². The van der Waals surface area contributed by atoms with Gasteiger partial charge >= 0.3 is 0 Å². The molecule has 4 rings (SSSR count). The van der Waals surface area contributed by atoms with Crippen LogP contribution < -0.4 is 20.7 Å². The van der Waals surface area contributed by atoms with Gasteiger partial charge in [0.25, 0.3) is 0 Å². The number of thiocarbonyl (C=S) groups is 1. The Hall–Kier alpha value is -2.73. The maximum Gasteiger partial charge on any atom is 0.173 e. The molecule has 0 saturated carbocycles. The lowest BCUT2D eigenvalue weighted by Gasteiger charge is -2.37. The molecule has 2 aliphatic heterocycles. The van der Waals surface area contributed by atoms with E-state index in [1.165, 1.54) is 0 Å². The standard InChI is InChI=1S/C20H22N4OS/c21-17-6-2-3-7-18(17)23-9-11-24(12-10-23)20(26)22-13-15-14-25-19-8-4-1-5-16(15)19/h1-8,13H,9-12,14,21H2,(H,22,26)/b15-13-. The average Bonchev–Trinajstić information content (AvgIpc) is 3.10. The minimum absolute atomic E-state index is 0.579. The molecule has 6 heteroatoms. The molecule has 0 unspecified atom stereocenters. The van der Waals surface area contributed by atoms with E-state index in [0.29, 0.717) is 6.61 Å². The van der Waals surface area contributed by atoms with Gasteiger partial charge in [-0.1, -0.05) is 30.3 Å². The third kappa shape index (κ3) is 3.32. The first-order valence-corrected chi connectivity index (χ1v) is 9.19. The highest BCUT2D eigenvalue weighted by Crippen LogP contribution is 2.32. The van der Waals surface area contributed by atoms with Gasteiger partial charge < -0.3 is 25.6 Å². The van der Waals surface area contributed by atoms with Gasteiger partial charge in [0, 0.05) is 43.5 Å². The number of rotatable bonds is 2. The van der Waals surface area contributed by atoms with Gasteiger partial charge in [-0.2, -0.15) is 0 Å². The topological polar surface area (TPSA) is 53.8 Å². The summed E-state index contributed by atoms with van der Waals surface area (Å²) in [5, 5.41) is 4.03. The molecule has 2 aromatic rings. The highest BCUT2D eigenvalue weighted by Gasteiger charge is 2.21. The number of piperazine rings is 1. The Morgan fingerprint density at radius 3 is 2.58 bits per heavy atom. The number of fused-ring (bicyclic) bond motifs is 1. The van der Waals surface area contributed by atoms with E-state index in [1.54, 1.807) is 0 Å². The second-order valence-electron chi connectivity index (χ2n) is 6.44. The van der Waals surface area contributed by atoms with Crippen LogP contribution in [0, 0.1) is 0 Å². The second kappa shape index (κ2) is 7.25. The summed E-state index contributed by atoms with van der Waals surface area (Å²) in [5.41, 5.74) is 10.3. The van der Waals surface area contributed by atoms with Crippen molar-refractivity contribution in [3.05, 3.63) is 60.3 Å². The first-order chi connectivity index (χ1) is 12.7. The third-order valence-electron chi connectivity index (χ3n) is 4.83. The Kier molecular flexibility index (Phi) is 4.67. The van der Waals surface area contributed by atoms with Gasteiger partial charge in [0.05, 0.1) is 11.4 Å². The van der Waals surface area contributed by atoms with Crippen LogP contribution in [-0.4, -0.2) is 42.8 Å². The van der Waals surface area contributed by atoms with Crippen molar-refractivity contribution in [2.75, 3.05) is 43.4 Å². The van der Waals surface area contributed by atoms with Crippen molar-refractivity contribution in [1.82, 2.24) is 10.2 Å². The Labute approximate surface area is 159 Å². The van der Waals surface area contributed by atoms with E-state index < -0.39 is 0 Å². The second-order valence-corrected chi connectivity index (χ2v) is 6.82. The van der Waals surface area contributed by atoms with Crippen molar-refractivity contribution in [1.29, 1.82) is 0 Å². The molecule has 2 aliphatic rings. The van der Waals surface area contributed by atoms with E-state index >= 15 is 0 Å². The molecule has 26 heavy (non-hydrogen) atoms. The zero-order valence-corrected chi connectivity index (χ0v) is 15.3. The van der Waals surface area contributed by atoms with Crippen molar-refractivity contribution in [3.63, 3.8) is 0 Å². The van der Waals surface area contributed by atoms with Crippen LogP contribution in [0.15, 0.2) is 54.7 Å². The summed E-state index contributed by atoms with van der Waals surface area (Å²) in [6.07, 6.45) is 1.97. The molecule has 5 nitrogen and oxygen atoms in total. The molecule has 2 heterocycles. The normalized spacial score (nSPS) is 17.8. The van der Waals surface area contributed by atoms with E-state index in [2.05, 4.69) is 27.2 Å². The van der Waals surface area contributed by atoms with Crippen molar-refractivity contribution in [3.8, 4) is 5.75 Å². The monoisotopic (exact) mass is 366 g/mol. The van der Waals surface area contributed by atoms with Crippen LogP contribution in [0.1, 0.15) is 5.56 Å². The number of nitrogens with two attached hydrogens (primary N) is 1. The minimum atomic E-state index is 0.579. The van der Waals surface area contributed by atoms with Gasteiger partial charge in [-0.25, -0.2) is 0 Å². The molecule has 0 amide bonds. The van der Waals surface area contributed by atoms with E-state index in [-0.39, 0.29) is 0 Å². The quantitative estimate of drug-likeness (QED) is 0.630. The Bertz CT molecular complexity index is 843. The third-order valence-corrected chi connectivity index (χ3v) is 5.21. The summed E-state index contributed by atoms with van der Waals surface area (Å²) in [6, 6.07) is 16.1. The zero-order chi connectivity index (χ0) is 17.9. The lowest BCUT2D eigenvalue weighted by Crippen LogP contribution is -2.51. The lowest BCUT2D eigenvalue weighted by molar-refractivity contribution is 0.383. The van der Waals surface area contributed by atoms with Crippen LogP contribution in [0.5, 0.6) is 5.75 Å². The van der Waals surface area contributed by atoms with Crippen molar-refractivity contribution < 1.29 is 4.74 Å². The number of benzene rings is 2. The summed E-state index contributed by atoms with van der Waals surface area (Å²) >= 11 is 5.57. The highest BCUT2D eigenvalue weighted by atomic mass is 32.1. The summed E-state index contributed by atoms with van der Waals surface area (Å²) in [6.45, 7) is 4.12. The molecular weight excluding hydrogens is 344 g/mol. The summed E-state index contributed by atoms with van der Waals surface area (Å²) in [5.74, 6) is 0.931. The Balaban J connectivity index is 1.35. The SMILES string of the molecule is Nc1ccccc1N1CCN(C(=S)N/C=C2/COc3ccccc32)CC1. The van der Waals surface area contributed by atoms with E-state index in [9.17, 15) is 0 Å². The number of nitrogen functional groups attached to an aromatic ring is 1. The molecule has 3 N–H and O–H groups in total. The molecule has 134 valence electrons. The largest absolute Gasteiger partial charge is 0.488 e. The van der Waals surface area contributed by atoms with E-state index in [1.807, 2.05) is 42.6 Å². The zero-order valence-electron chi connectivity index (χ0n) is 14.5. The predicted octanol–water partition coefficient (Wildman–Crippen LogP) is 2.70. The highest BCUT2D eigenvalue weighted by molar-refractivity contribution is 7.80. The van der Waals surface area contributed by atoms with Crippen LogP contribution in [0.25, 0.3) is 5.57 Å². The van der Waals surface area contributed by atoms with Crippen LogP contribution in [0.2, 0.25) is 0 Å². The maximum atomic E-state index is 6.09. The molecule has 0 bridgehead atoms. The van der Waals surface area contributed by atoms with E-state index in [0.717, 1.165) is 59.6 Å². The molecular formula is C20H22N4OS.